The normalized spacial score (nSPS) is 32.1. The minimum atomic E-state index is 0.447. The maximum atomic E-state index is 5.79. The minimum Gasteiger partial charge on any atom is -0.381 e. The van der Waals surface area contributed by atoms with E-state index in [1.54, 1.807) is 6.07 Å². The fraction of sp³-hybridized carbons (Fsp3) is 0.765. The molecule has 3 atom stereocenters. The lowest BCUT2D eigenvalue weighted by Crippen LogP contribution is -2.32. The third kappa shape index (κ3) is 3.78. The van der Waals surface area contributed by atoms with E-state index in [1.165, 1.54) is 45.3 Å². The van der Waals surface area contributed by atoms with Crippen molar-refractivity contribution in [2.24, 2.45) is 17.8 Å². The van der Waals surface area contributed by atoms with Crippen molar-refractivity contribution >= 4 is 17.4 Å². The summed E-state index contributed by atoms with van der Waals surface area (Å²) in [6, 6.07) is 4.24. The molecule has 23 heavy (non-hydrogen) atoms. The largest absolute Gasteiger partial charge is 0.381 e. The number of halogens is 1. The van der Waals surface area contributed by atoms with E-state index in [9.17, 15) is 0 Å². The lowest BCUT2D eigenvalue weighted by Gasteiger charge is -2.27. The van der Waals surface area contributed by atoms with Crippen molar-refractivity contribution in [3.05, 3.63) is 17.3 Å². The van der Waals surface area contributed by atoms with E-state index in [0.29, 0.717) is 11.2 Å². The van der Waals surface area contributed by atoms with Crippen molar-refractivity contribution in [3.63, 3.8) is 0 Å². The summed E-state index contributed by atoms with van der Waals surface area (Å²) in [5.74, 6) is 3.37. The number of rotatable bonds is 4. The molecule has 2 saturated heterocycles. The molecule has 2 unspecified atom stereocenters. The Morgan fingerprint density at radius 1 is 1.13 bits per heavy atom. The summed E-state index contributed by atoms with van der Waals surface area (Å²) in [6.07, 6.45) is 4.98. The van der Waals surface area contributed by atoms with Crippen molar-refractivity contribution in [2.75, 3.05) is 38.2 Å². The van der Waals surface area contributed by atoms with Gasteiger partial charge in [-0.15, -0.1) is 10.2 Å². The van der Waals surface area contributed by atoms with Crippen LogP contribution in [0.4, 0.5) is 5.82 Å². The predicted octanol–water partition coefficient (Wildman–Crippen LogP) is 2.68. The summed E-state index contributed by atoms with van der Waals surface area (Å²) >= 11 is 5.79. The predicted molar refractivity (Wildman–Crippen MR) is 90.6 cm³/mol. The van der Waals surface area contributed by atoms with Gasteiger partial charge in [0, 0.05) is 38.9 Å². The number of ether oxygens (including phenoxy) is 1. The van der Waals surface area contributed by atoms with Gasteiger partial charge in [-0.05, 0) is 55.6 Å². The second-order valence-corrected chi connectivity index (χ2v) is 7.74. The molecule has 0 amide bonds. The average Bonchev–Trinajstić information content (AvgIpc) is 3.08. The summed E-state index contributed by atoms with van der Waals surface area (Å²) in [6.45, 7) is 5.73. The summed E-state index contributed by atoms with van der Waals surface area (Å²) in [5.41, 5.74) is 0. The van der Waals surface area contributed by atoms with Gasteiger partial charge in [0.2, 0.25) is 0 Å². The molecule has 0 radical (unpaired) electrons. The Hall–Kier alpha value is -0.910. The number of fused-ring (bicyclic) bond motifs is 1. The Kier molecular flexibility index (Phi) is 4.69. The van der Waals surface area contributed by atoms with Gasteiger partial charge >= 0.3 is 0 Å². The van der Waals surface area contributed by atoms with Crippen LogP contribution in [0.3, 0.4) is 0 Å². The highest BCUT2D eigenvalue weighted by molar-refractivity contribution is 6.29. The van der Waals surface area contributed by atoms with Crippen molar-refractivity contribution in [2.45, 2.75) is 31.7 Å². The topological polar surface area (TPSA) is 50.3 Å². The molecule has 3 aliphatic rings. The third-order valence-electron chi connectivity index (χ3n) is 5.67. The number of nitrogens with zero attached hydrogens (tertiary/aromatic N) is 3. The molecule has 1 aromatic rings. The Balaban J connectivity index is 1.25. The van der Waals surface area contributed by atoms with Crippen LogP contribution in [-0.2, 0) is 4.74 Å². The second kappa shape index (κ2) is 6.91. The van der Waals surface area contributed by atoms with E-state index in [2.05, 4.69) is 20.4 Å². The molecule has 3 fully saturated rings. The molecule has 1 aromatic heterocycles. The highest BCUT2D eigenvalue weighted by Gasteiger charge is 2.41. The molecule has 2 aliphatic heterocycles. The first-order chi connectivity index (χ1) is 11.3. The maximum absolute atomic E-state index is 5.79. The molecule has 6 heteroatoms. The van der Waals surface area contributed by atoms with Gasteiger partial charge in [0.05, 0.1) is 0 Å². The van der Waals surface area contributed by atoms with Crippen LogP contribution >= 0.6 is 11.6 Å². The number of hydrogen-bond acceptors (Lipinski definition) is 5. The summed E-state index contributed by atoms with van der Waals surface area (Å²) in [5, 5.41) is 12.0. The molecule has 1 aliphatic carbocycles. The molecule has 0 bridgehead atoms. The zero-order chi connectivity index (χ0) is 15.6. The van der Waals surface area contributed by atoms with Crippen molar-refractivity contribution < 1.29 is 4.74 Å². The molecule has 0 spiro atoms. The Bertz CT molecular complexity index is 506. The third-order valence-corrected chi connectivity index (χ3v) is 5.87. The van der Waals surface area contributed by atoms with Crippen LogP contribution in [0.1, 0.15) is 25.7 Å². The van der Waals surface area contributed by atoms with Crippen LogP contribution in [0.5, 0.6) is 0 Å². The van der Waals surface area contributed by atoms with Gasteiger partial charge in [0.15, 0.2) is 5.15 Å². The zero-order valence-electron chi connectivity index (χ0n) is 13.5. The highest BCUT2D eigenvalue weighted by atomic mass is 35.5. The molecule has 0 aromatic carbocycles. The number of nitrogens with one attached hydrogen (secondary N) is 1. The molecule has 126 valence electrons. The summed E-state index contributed by atoms with van der Waals surface area (Å²) in [4.78, 5) is 2.70. The molecule has 3 heterocycles. The minimum absolute atomic E-state index is 0.447. The number of anilines is 1. The SMILES string of the molecule is Clc1ccc(NC2CC3CN(CC4CCOCC4)C[C@H]3C2)nn1. The van der Waals surface area contributed by atoms with Gasteiger partial charge in [-0.2, -0.15) is 0 Å². The monoisotopic (exact) mass is 336 g/mol. The van der Waals surface area contributed by atoms with E-state index in [0.717, 1.165) is 36.8 Å². The molecular formula is C17H25ClN4O. The van der Waals surface area contributed by atoms with Crippen LogP contribution in [0.25, 0.3) is 0 Å². The van der Waals surface area contributed by atoms with Gasteiger partial charge in [-0.3, -0.25) is 0 Å². The Morgan fingerprint density at radius 3 is 2.52 bits per heavy atom. The maximum Gasteiger partial charge on any atom is 0.151 e. The molecule has 1 N–H and O–H groups in total. The van der Waals surface area contributed by atoms with Gasteiger partial charge < -0.3 is 15.0 Å². The van der Waals surface area contributed by atoms with Gasteiger partial charge in [0.1, 0.15) is 5.82 Å². The lowest BCUT2D eigenvalue weighted by atomic mass is 10.00. The zero-order valence-corrected chi connectivity index (χ0v) is 14.2. The standard InChI is InChI=1S/C17H25ClN4O/c18-16-1-2-17(21-20-16)19-15-7-13-10-22(11-14(13)8-15)9-12-3-5-23-6-4-12/h1-2,12-15H,3-11H2,(H,19,21)/t13-,14?,15?/m1/s1. The fourth-order valence-electron chi connectivity index (χ4n) is 4.56. The second-order valence-electron chi connectivity index (χ2n) is 7.35. The Morgan fingerprint density at radius 2 is 1.87 bits per heavy atom. The summed E-state index contributed by atoms with van der Waals surface area (Å²) in [7, 11) is 0. The van der Waals surface area contributed by atoms with Crippen molar-refractivity contribution in [1.29, 1.82) is 0 Å². The van der Waals surface area contributed by atoms with Gasteiger partial charge in [-0.1, -0.05) is 11.6 Å². The highest BCUT2D eigenvalue weighted by Crippen LogP contribution is 2.39. The van der Waals surface area contributed by atoms with E-state index in [4.69, 9.17) is 16.3 Å². The lowest BCUT2D eigenvalue weighted by molar-refractivity contribution is 0.0545. The molecule has 5 nitrogen and oxygen atoms in total. The smallest absolute Gasteiger partial charge is 0.151 e. The van der Waals surface area contributed by atoms with Crippen LogP contribution in [0, 0.1) is 17.8 Å². The molecule has 1 saturated carbocycles. The number of likely N-dealkylation sites (tertiary alicyclic amines) is 1. The first kappa shape index (κ1) is 15.6. The van der Waals surface area contributed by atoms with Crippen LogP contribution in [0.2, 0.25) is 5.15 Å². The number of aromatic nitrogens is 2. The number of hydrogen-bond donors (Lipinski definition) is 1. The van der Waals surface area contributed by atoms with Crippen LogP contribution in [0.15, 0.2) is 12.1 Å². The van der Waals surface area contributed by atoms with Crippen LogP contribution in [-0.4, -0.2) is 54.0 Å². The van der Waals surface area contributed by atoms with Gasteiger partial charge in [-0.25, -0.2) is 0 Å². The van der Waals surface area contributed by atoms with Crippen molar-refractivity contribution in [1.82, 2.24) is 15.1 Å². The van der Waals surface area contributed by atoms with Gasteiger partial charge in [0.25, 0.3) is 0 Å². The Labute approximate surface area is 142 Å². The summed E-state index contributed by atoms with van der Waals surface area (Å²) < 4.78 is 5.47. The van der Waals surface area contributed by atoms with E-state index < -0.39 is 0 Å². The first-order valence-electron chi connectivity index (χ1n) is 8.82. The quantitative estimate of drug-likeness (QED) is 0.916. The van der Waals surface area contributed by atoms with E-state index in [1.807, 2.05) is 6.07 Å². The van der Waals surface area contributed by atoms with Crippen molar-refractivity contribution in [3.8, 4) is 0 Å². The van der Waals surface area contributed by atoms with E-state index in [-0.39, 0.29) is 0 Å². The van der Waals surface area contributed by atoms with Crippen LogP contribution < -0.4 is 5.32 Å². The molecule has 4 rings (SSSR count). The van der Waals surface area contributed by atoms with E-state index >= 15 is 0 Å². The average molecular weight is 337 g/mol. The first-order valence-corrected chi connectivity index (χ1v) is 9.20. The fourth-order valence-corrected chi connectivity index (χ4v) is 4.66. The molecular weight excluding hydrogens is 312 g/mol.